The molecule has 3 heteroatoms. The molecule has 7 aromatic rings. The van der Waals surface area contributed by atoms with E-state index in [4.69, 9.17) is 11.0 Å². The number of rotatable bonds is 1. The van der Waals surface area contributed by atoms with Gasteiger partial charge in [-0.2, -0.15) is 9.13 Å². The third-order valence-electron chi connectivity index (χ3n) is 10.7. The lowest BCUT2D eigenvalue weighted by molar-refractivity contribution is -0.726. The predicted molar refractivity (Wildman–Crippen MR) is 186 cm³/mol. The minimum atomic E-state index is -0.143. The van der Waals surface area contributed by atoms with Crippen LogP contribution in [-0.2, 0) is 11.8 Å². The summed E-state index contributed by atoms with van der Waals surface area (Å²) in [6, 6.07) is 42.2. The van der Waals surface area contributed by atoms with E-state index in [9.17, 15) is 0 Å². The number of hydrogen-bond donors (Lipinski definition) is 0. The molecule has 0 spiro atoms. The highest BCUT2D eigenvalue weighted by atomic mass is 16.3. The van der Waals surface area contributed by atoms with Crippen LogP contribution >= 0.6 is 0 Å². The van der Waals surface area contributed by atoms with E-state index >= 15 is 0 Å². The zero-order valence-electron chi connectivity index (χ0n) is 26.3. The molecule has 3 aromatic heterocycles. The highest BCUT2D eigenvalue weighted by Crippen LogP contribution is 2.50. The van der Waals surface area contributed by atoms with Gasteiger partial charge in [-0.05, 0) is 85.4 Å². The number of nitrogens with zero attached hydrogens (tertiary/aromatic N) is 2. The van der Waals surface area contributed by atoms with Crippen LogP contribution in [0.2, 0.25) is 0 Å². The van der Waals surface area contributed by atoms with Crippen LogP contribution in [0.15, 0.2) is 139 Å². The zero-order valence-corrected chi connectivity index (χ0v) is 26.3. The van der Waals surface area contributed by atoms with Crippen molar-refractivity contribution < 1.29 is 13.6 Å². The normalized spacial score (nSPS) is 18.7. The molecule has 0 radical (unpaired) electrons. The summed E-state index contributed by atoms with van der Waals surface area (Å²) < 4.78 is 11.6. The molecule has 46 heavy (non-hydrogen) atoms. The Morgan fingerprint density at radius 1 is 0.783 bits per heavy atom. The molecule has 0 amide bonds. The van der Waals surface area contributed by atoms with Gasteiger partial charge in [0.15, 0.2) is 24.1 Å². The molecule has 222 valence electrons. The number of allylic oxidation sites excluding steroid dienone is 1. The Kier molecular flexibility index (Phi) is 5.95. The number of benzene rings is 4. The molecular formula is C43H36N2O+2. The van der Waals surface area contributed by atoms with Gasteiger partial charge in [0.2, 0.25) is 11.4 Å². The summed E-state index contributed by atoms with van der Waals surface area (Å²) >= 11 is 0. The van der Waals surface area contributed by atoms with Crippen molar-refractivity contribution >= 4 is 27.6 Å². The molecule has 2 atom stereocenters. The summed E-state index contributed by atoms with van der Waals surface area (Å²) in [6.45, 7) is 9.42. The Labute approximate surface area is 269 Å². The van der Waals surface area contributed by atoms with E-state index in [1.165, 1.54) is 55.4 Å². The Morgan fingerprint density at radius 3 is 2.46 bits per heavy atom. The molecule has 0 saturated carbocycles. The number of furan rings is 1. The lowest BCUT2D eigenvalue weighted by atomic mass is 9.66. The Morgan fingerprint density at radius 2 is 1.59 bits per heavy atom. The largest absolute Gasteiger partial charge is 0.455 e. The van der Waals surface area contributed by atoms with Crippen LogP contribution in [0.25, 0.3) is 61.3 Å². The van der Waals surface area contributed by atoms with Crippen molar-refractivity contribution in [2.24, 2.45) is 0 Å². The van der Waals surface area contributed by atoms with Crippen LogP contribution in [0.4, 0.5) is 0 Å². The topological polar surface area (TPSA) is 20.9 Å². The average Bonchev–Trinajstić information content (AvgIpc) is 3.49. The van der Waals surface area contributed by atoms with Gasteiger partial charge in [0, 0.05) is 35.0 Å². The SMILES string of the molecule is C=C1CC2[n+]3ccccc3-c3cc(-c4ccccc4)ccc3C2(C)CCc2ccc3c(oc4cccc(C)c43)c2-c2cccc[n+]21. The van der Waals surface area contributed by atoms with Gasteiger partial charge < -0.3 is 4.42 Å². The molecule has 0 bridgehead atoms. The maximum atomic E-state index is 6.73. The van der Waals surface area contributed by atoms with E-state index in [1.807, 2.05) is 0 Å². The maximum Gasteiger partial charge on any atom is 0.222 e. The highest BCUT2D eigenvalue weighted by molar-refractivity contribution is 6.11. The number of pyridine rings is 2. The van der Waals surface area contributed by atoms with Crippen molar-refractivity contribution in [3.05, 3.63) is 151 Å². The summed E-state index contributed by atoms with van der Waals surface area (Å²) in [5, 5.41) is 2.38. The molecule has 0 saturated heterocycles. The lowest BCUT2D eigenvalue weighted by Crippen LogP contribution is -2.56. The first kappa shape index (κ1) is 27.1. The minimum absolute atomic E-state index is 0.143. The summed E-state index contributed by atoms with van der Waals surface area (Å²) in [5.41, 5.74) is 14.2. The van der Waals surface area contributed by atoms with Crippen molar-refractivity contribution in [2.75, 3.05) is 0 Å². The van der Waals surface area contributed by atoms with Crippen LogP contribution in [0.3, 0.4) is 0 Å². The highest BCUT2D eigenvalue weighted by Gasteiger charge is 2.50. The summed E-state index contributed by atoms with van der Waals surface area (Å²) in [7, 11) is 0. The zero-order chi connectivity index (χ0) is 31.0. The first-order valence-corrected chi connectivity index (χ1v) is 16.3. The van der Waals surface area contributed by atoms with Crippen LogP contribution < -0.4 is 9.13 Å². The van der Waals surface area contributed by atoms with Gasteiger partial charge >= 0.3 is 0 Å². The third-order valence-corrected chi connectivity index (χ3v) is 10.7. The fraction of sp³-hybridized carbons (Fsp3) is 0.163. The molecule has 4 aromatic carbocycles. The van der Waals surface area contributed by atoms with Gasteiger partial charge in [0.1, 0.15) is 11.2 Å². The summed E-state index contributed by atoms with van der Waals surface area (Å²) in [5.74, 6) is 0. The van der Waals surface area contributed by atoms with Gasteiger partial charge in [-0.25, -0.2) is 0 Å². The van der Waals surface area contributed by atoms with Gasteiger partial charge in [0.25, 0.3) is 0 Å². The smallest absolute Gasteiger partial charge is 0.222 e. The first-order valence-electron chi connectivity index (χ1n) is 16.3. The van der Waals surface area contributed by atoms with E-state index in [0.717, 1.165) is 41.8 Å². The van der Waals surface area contributed by atoms with E-state index in [1.54, 1.807) is 0 Å². The van der Waals surface area contributed by atoms with Crippen LogP contribution in [-0.4, -0.2) is 0 Å². The fourth-order valence-electron chi connectivity index (χ4n) is 8.37. The Bertz CT molecular complexity index is 2350. The molecule has 2 unspecified atom stereocenters. The van der Waals surface area contributed by atoms with E-state index in [0.29, 0.717) is 0 Å². The van der Waals surface area contributed by atoms with Gasteiger partial charge in [0.05, 0.1) is 23.0 Å². The molecule has 0 fully saturated rings. The van der Waals surface area contributed by atoms with Crippen molar-refractivity contribution in [1.29, 1.82) is 0 Å². The van der Waals surface area contributed by atoms with Crippen molar-refractivity contribution in [2.45, 2.75) is 44.6 Å². The van der Waals surface area contributed by atoms with Gasteiger partial charge in [-0.15, -0.1) is 0 Å². The number of hydrogen-bond acceptors (Lipinski definition) is 1. The average molecular weight is 597 g/mol. The maximum absolute atomic E-state index is 6.73. The number of fused-ring (bicyclic) bond motifs is 13. The second-order valence-electron chi connectivity index (χ2n) is 13.3. The monoisotopic (exact) mass is 596 g/mol. The molecule has 5 heterocycles. The second-order valence-corrected chi connectivity index (χ2v) is 13.3. The van der Waals surface area contributed by atoms with E-state index < -0.39 is 0 Å². The molecule has 9 rings (SSSR count). The third kappa shape index (κ3) is 3.91. The standard InChI is InChI=1S/C43H36N2O/c1-28-12-11-17-38-40(28)33-20-18-31-22-23-43(3)35-21-19-32(30-13-5-4-6-14-30)27-34(35)36-15-7-10-25-45(36)39(43)26-29(2)44-24-9-8-16-37(44)41(31)42(33)46-38/h4-21,24-25,27,39H,2,22-23,26H2,1,3H3/q+2. The number of aromatic nitrogens is 2. The molecule has 3 nitrogen and oxygen atoms in total. The molecular weight excluding hydrogens is 560 g/mol. The lowest BCUT2D eigenvalue weighted by Gasteiger charge is -2.40. The van der Waals surface area contributed by atoms with E-state index in [2.05, 4.69) is 151 Å². The number of aryl methyl sites for hydroxylation is 2. The van der Waals surface area contributed by atoms with Crippen LogP contribution in [0, 0.1) is 6.92 Å². The van der Waals surface area contributed by atoms with Crippen LogP contribution in [0.5, 0.6) is 0 Å². The predicted octanol–water partition coefficient (Wildman–Crippen LogP) is 9.79. The van der Waals surface area contributed by atoms with Crippen molar-refractivity contribution in [1.82, 2.24) is 0 Å². The quantitative estimate of drug-likeness (QED) is 0.173. The summed E-state index contributed by atoms with van der Waals surface area (Å²) in [4.78, 5) is 0. The van der Waals surface area contributed by atoms with Crippen LogP contribution in [0.1, 0.15) is 42.5 Å². The first-order chi connectivity index (χ1) is 22.5. The van der Waals surface area contributed by atoms with Crippen molar-refractivity contribution in [3.8, 4) is 33.6 Å². The molecule has 2 aliphatic heterocycles. The van der Waals surface area contributed by atoms with Gasteiger partial charge in [-0.1, -0.05) is 66.7 Å². The Hall–Kier alpha value is -5.28. The van der Waals surface area contributed by atoms with E-state index in [-0.39, 0.29) is 11.5 Å². The van der Waals surface area contributed by atoms with Gasteiger partial charge in [-0.3, -0.25) is 0 Å². The molecule has 0 N–H and O–H groups in total. The second kappa shape index (κ2) is 10.1. The Balaban J connectivity index is 1.28. The fourth-order valence-corrected chi connectivity index (χ4v) is 8.37. The molecule has 0 aliphatic carbocycles. The van der Waals surface area contributed by atoms with Crippen molar-refractivity contribution in [3.63, 3.8) is 0 Å². The molecule has 2 aliphatic rings. The minimum Gasteiger partial charge on any atom is -0.455 e. The summed E-state index contributed by atoms with van der Waals surface area (Å²) in [6.07, 6.45) is 7.20.